The highest BCUT2D eigenvalue weighted by molar-refractivity contribution is 6.03. The van der Waals surface area contributed by atoms with Gasteiger partial charge in [-0.05, 0) is 18.6 Å². The Hall–Kier alpha value is -1.92. The Morgan fingerprint density at radius 1 is 1.50 bits per heavy atom. The lowest BCUT2D eigenvalue weighted by Gasteiger charge is -2.08. The quantitative estimate of drug-likeness (QED) is 0.670. The van der Waals surface area contributed by atoms with Crippen LogP contribution in [-0.4, -0.2) is 23.1 Å². The Kier molecular flexibility index (Phi) is 4.82. The number of allylic oxidation sites excluding steroid dienone is 1. The minimum absolute atomic E-state index is 0.00572. The molecule has 0 radical (unpaired) electrons. The van der Waals surface area contributed by atoms with Crippen molar-refractivity contribution in [2.75, 3.05) is 12.4 Å². The van der Waals surface area contributed by atoms with Crippen LogP contribution in [0.1, 0.15) is 18.9 Å². The molecule has 1 aromatic heterocycles. The van der Waals surface area contributed by atoms with Crippen molar-refractivity contribution in [3.8, 4) is 0 Å². The van der Waals surface area contributed by atoms with E-state index in [0.29, 0.717) is 12.0 Å². The molecule has 1 aromatic rings. The molecule has 0 bridgehead atoms. The third-order valence-electron chi connectivity index (χ3n) is 1.99. The van der Waals surface area contributed by atoms with Crippen molar-refractivity contribution in [3.05, 3.63) is 30.0 Å². The van der Waals surface area contributed by atoms with Crippen molar-refractivity contribution in [1.82, 2.24) is 10.2 Å². The standard InChI is InChI=1S/C11H13F3N4/c1-3-4-5-9(15-2)17-10-6-8(7-16-18-10)11(12,13)14/h4-7H,3H2,1-2H3,(H,15,17,18)/b5-4-. The largest absolute Gasteiger partial charge is 0.418 e. The van der Waals surface area contributed by atoms with E-state index in [1.165, 1.54) is 7.05 Å². The number of halogens is 3. The average molecular weight is 258 g/mol. The normalized spacial score (nSPS) is 13.1. The van der Waals surface area contributed by atoms with Gasteiger partial charge in [0.25, 0.3) is 0 Å². The summed E-state index contributed by atoms with van der Waals surface area (Å²) in [6.07, 6.45) is 0.540. The van der Waals surface area contributed by atoms with Crippen LogP contribution in [0.2, 0.25) is 0 Å². The number of hydrogen-bond donors (Lipinski definition) is 1. The molecule has 0 atom stereocenters. The molecule has 0 fully saturated rings. The van der Waals surface area contributed by atoms with Crippen LogP contribution in [0.25, 0.3) is 0 Å². The maximum Gasteiger partial charge on any atom is 0.418 e. The highest BCUT2D eigenvalue weighted by atomic mass is 19.4. The van der Waals surface area contributed by atoms with Crippen LogP contribution in [0.5, 0.6) is 0 Å². The van der Waals surface area contributed by atoms with Crippen molar-refractivity contribution in [3.63, 3.8) is 0 Å². The Morgan fingerprint density at radius 3 is 2.78 bits per heavy atom. The van der Waals surface area contributed by atoms with Crippen LogP contribution in [0.3, 0.4) is 0 Å². The van der Waals surface area contributed by atoms with Gasteiger partial charge in [0.05, 0.1) is 11.8 Å². The van der Waals surface area contributed by atoms with E-state index in [9.17, 15) is 13.2 Å². The number of anilines is 1. The summed E-state index contributed by atoms with van der Waals surface area (Å²) >= 11 is 0. The third kappa shape index (κ3) is 4.15. The van der Waals surface area contributed by atoms with E-state index < -0.39 is 11.7 Å². The molecule has 0 saturated heterocycles. The van der Waals surface area contributed by atoms with E-state index in [0.717, 1.165) is 12.5 Å². The molecule has 0 amide bonds. The number of nitrogens with zero attached hydrogens (tertiary/aromatic N) is 3. The second kappa shape index (κ2) is 6.13. The molecule has 0 aliphatic carbocycles. The lowest BCUT2D eigenvalue weighted by molar-refractivity contribution is -0.137. The average Bonchev–Trinajstić information content (AvgIpc) is 2.33. The van der Waals surface area contributed by atoms with Crippen molar-refractivity contribution >= 4 is 11.7 Å². The van der Waals surface area contributed by atoms with Crippen LogP contribution < -0.4 is 5.32 Å². The van der Waals surface area contributed by atoms with Gasteiger partial charge in [0.2, 0.25) is 0 Å². The van der Waals surface area contributed by atoms with Crippen LogP contribution >= 0.6 is 0 Å². The molecule has 1 N–H and O–H groups in total. The topological polar surface area (TPSA) is 50.2 Å². The fourth-order valence-corrected chi connectivity index (χ4v) is 1.12. The van der Waals surface area contributed by atoms with Gasteiger partial charge in [-0.3, -0.25) is 4.99 Å². The number of hydrogen-bond acceptors (Lipinski definition) is 3. The molecule has 0 aliphatic heterocycles. The first-order valence-electron chi connectivity index (χ1n) is 5.27. The highest BCUT2D eigenvalue weighted by Crippen LogP contribution is 2.29. The second-order valence-electron chi connectivity index (χ2n) is 3.37. The van der Waals surface area contributed by atoms with Gasteiger partial charge in [0.15, 0.2) is 5.82 Å². The van der Waals surface area contributed by atoms with Crippen molar-refractivity contribution in [1.29, 1.82) is 0 Å². The lowest BCUT2D eigenvalue weighted by Crippen LogP contribution is -2.13. The first-order valence-corrected chi connectivity index (χ1v) is 5.27. The van der Waals surface area contributed by atoms with Gasteiger partial charge in [0.1, 0.15) is 5.84 Å². The zero-order valence-corrected chi connectivity index (χ0v) is 9.99. The van der Waals surface area contributed by atoms with Gasteiger partial charge in [-0.25, -0.2) is 0 Å². The SMILES string of the molecule is CC/C=C\C(=NC)Nc1cc(C(F)(F)F)cnn1. The molecule has 0 spiro atoms. The van der Waals surface area contributed by atoms with E-state index in [1.54, 1.807) is 6.08 Å². The van der Waals surface area contributed by atoms with Crippen molar-refractivity contribution in [2.24, 2.45) is 4.99 Å². The maximum absolute atomic E-state index is 12.5. The minimum Gasteiger partial charge on any atom is -0.324 e. The maximum atomic E-state index is 12.5. The molecule has 1 rings (SSSR count). The smallest absolute Gasteiger partial charge is 0.324 e. The first kappa shape index (κ1) is 14.1. The molecule has 0 aromatic carbocycles. The van der Waals surface area contributed by atoms with Crippen LogP contribution in [0.15, 0.2) is 29.4 Å². The summed E-state index contributed by atoms with van der Waals surface area (Å²) in [5.41, 5.74) is -0.852. The fraction of sp³-hybridized carbons (Fsp3) is 0.364. The zero-order chi connectivity index (χ0) is 13.6. The summed E-state index contributed by atoms with van der Waals surface area (Å²) < 4.78 is 37.4. The Morgan fingerprint density at radius 2 is 2.22 bits per heavy atom. The molecule has 18 heavy (non-hydrogen) atoms. The molecule has 0 saturated carbocycles. The predicted molar refractivity (Wildman–Crippen MR) is 63.4 cm³/mol. The van der Waals surface area contributed by atoms with Crippen LogP contribution in [-0.2, 0) is 6.18 Å². The van der Waals surface area contributed by atoms with E-state index in [1.807, 2.05) is 13.0 Å². The van der Waals surface area contributed by atoms with Gasteiger partial charge in [0, 0.05) is 7.05 Å². The number of rotatable bonds is 3. The summed E-state index contributed by atoms with van der Waals surface area (Å²) in [7, 11) is 1.53. The Bertz CT molecular complexity index is 452. The summed E-state index contributed by atoms with van der Waals surface area (Å²) in [6.45, 7) is 1.94. The van der Waals surface area contributed by atoms with Crippen LogP contribution in [0.4, 0.5) is 19.0 Å². The molecule has 98 valence electrons. The number of amidine groups is 1. The lowest BCUT2D eigenvalue weighted by atomic mass is 10.3. The molecule has 1 heterocycles. The number of alkyl halides is 3. The predicted octanol–water partition coefficient (Wildman–Crippen LogP) is 2.90. The third-order valence-corrected chi connectivity index (χ3v) is 1.99. The highest BCUT2D eigenvalue weighted by Gasteiger charge is 2.31. The van der Waals surface area contributed by atoms with Gasteiger partial charge in [-0.15, -0.1) is 5.10 Å². The monoisotopic (exact) mass is 258 g/mol. The van der Waals surface area contributed by atoms with Gasteiger partial charge >= 0.3 is 6.18 Å². The second-order valence-corrected chi connectivity index (χ2v) is 3.37. The van der Waals surface area contributed by atoms with Gasteiger partial charge in [-0.2, -0.15) is 18.3 Å². The number of aliphatic imine (C=N–C) groups is 1. The molecular formula is C11H13F3N4. The molecule has 0 unspecified atom stereocenters. The van der Waals surface area contributed by atoms with Gasteiger partial charge in [-0.1, -0.05) is 13.0 Å². The Balaban J connectivity index is 2.88. The van der Waals surface area contributed by atoms with Crippen molar-refractivity contribution in [2.45, 2.75) is 19.5 Å². The molecule has 4 nitrogen and oxygen atoms in total. The van der Waals surface area contributed by atoms with Gasteiger partial charge < -0.3 is 5.32 Å². The van der Waals surface area contributed by atoms with E-state index in [-0.39, 0.29) is 5.82 Å². The minimum atomic E-state index is -4.44. The molecular weight excluding hydrogens is 245 g/mol. The van der Waals surface area contributed by atoms with Crippen molar-refractivity contribution < 1.29 is 13.2 Å². The van der Waals surface area contributed by atoms with Crippen LogP contribution in [0, 0.1) is 0 Å². The summed E-state index contributed by atoms with van der Waals surface area (Å²) in [5, 5.41) is 9.55. The van der Waals surface area contributed by atoms with E-state index in [2.05, 4.69) is 20.5 Å². The molecule has 7 heteroatoms. The summed E-state index contributed by atoms with van der Waals surface area (Å²) in [4.78, 5) is 3.88. The fourth-order valence-electron chi connectivity index (χ4n) is 1.12. The van der Waals surface area contributed by atoms with E-state index >= 15 is 0 Å². The summed E-state index contributed by atoms with van der Waals surface area (Å²) in [6, 6.07) is 0.887. The number of nitrogens with one attached hydrogen (secondary N) is 1. The summed E-state index contributed by atoms with van der Waals surface area (Å²) in [5.74, 6) is 0.427. The molecule has 0 aliphatic rings. The van der Waals surface area contributed by atoms with E-state index in [4.69, 9.17) is 0 Å². The first-order chi connectivity index (χ1) is 8.47. The Labute approximate surface area is 103 Å². The number of aromatic nitrogens is 2. The zero-order valence-electron chi connectivity index (χ0n) is 9.99.